The predicted octanol–water partition coefficient (Wildman–Crippen LogP) is 4.45. The van der Waals surface area contributed by atoms with Gasteiger partial charge in [0.25, 0.3) is 0 Å². The summed E-state index contributed by atoms with van der Waals surface area (Å²) in [6.07, 6.45) is 13.9. The number of carbonyl (C=O) groups excluding carboxylic acids is 5. The molecule has 6 rings (SSSR count). The number of allylic oxidation sites excluding steroid dienone is 11. The summed E-state index contributed by atoms with van der Waals surface area (Å²) in [7, 11) is 0. The molecule has 2 bridgehead atoms. The van der Waals surface area contributed by atoms with Crippen LogP contribution < -0.4 is 0 Å². The highest BCUT2D eigenvalue weighted by Crippen LogP contribution is 2.67. The van der Waals surface area contributed by atoms with Crippen LogP contribution in [0.2, 0.25) is 0 Å². The van der Waals surface area contributed by atoms with E-state index in [0.717, 1.165) is 26.0 Å². The summed E-state index contributed by atoms with van der Waals surface area (Å²) in [4.78, 5) is 70.1. The van der Waals surface area contributed by atoms with Crippen molar-refractivity contribution in [1.29, 1.82) is 0 Å². The second-order valence-electron chi connectivity index (χ2n) is 15.9. The summed E-state index contributed by atoms with van der Waals surface area (Å²) in [6.45, 7) is 12.0. The van der Waals surface area contributed by atoms with Crippen LogP contribution in [0.3, 0.4) is 0 Å². The monoisotopic (exact) mass is 760 g/mol. The van der Waals surface area contributed by atoms with Gasteiger partial charge in [0.1, 0.15) is 39.8 Å². The maximum Gasteiger partial charge on any atom is 0.217 e. The lowest BCUT2D eigenvalue weighted by atomic mass is 9.44. The number of aliphatic hydroxyl groups excluding tert-OH is 4. The van der Waals surface area contributed by atoms with Gasteiger partial charge in [-0.05, 0) is 79.5 Å². The maximum absolute atomic E-state index is 14.5. The van der Waals surface area contributed by atoms with Crippen LogP contribution in [0.4, 0.5) is 0 Å². The molecule has 10 atom stereocenters. The minimum Gasteiger partial charge on any atom is -0.508 e. The van der Waals surface area contributed by atoms with E-state index in [9.17, 15) is 59.7 Å². The van der Waals surface area contributed by atoms with E-state index in [4.69, 9.17) is 4.74 Å². The SMILES string of the molecule is C/C=C/C=C/C(O)=C1/C(=O)[C@]2(C)C(=O)[C@@](C)(O)[C@@H]1[C@H](C)[C@H]2/C=C/C(O)=C1/C(O)=C(C)C(=O)[C@@]2(C)O[C@@]3(O)[C@@](C)(O)C(=O)\C(=C(O)/C=C/C=C/C)C(=O)[C@@]3(C)[C@@H]12. The summed E-state index contributed by atoms with van der Waals surface area (Å²) in [6, 6.07) is 0. The summed E-state index contributed by atoms with van der Waals surface area (Å²) < 4.78 is 5.94. The van der Waals surface area contributed by atoms with Crippen molar-refractivity contribution in [3.8, 4) is 0 Å². The minimum atomic E-state index is -3.17. The number of hydrogen-bond donors (Lipinski definition) is 7. The van der Waals surface area contributed by atoms with Gasteiger partial charge in [-0.15, -0.1) is 0 Å². The lowest BCUT2D eigenvalue weighted by Crippen LogP contribution is -2.72. The van der Waals surface area contributed by atoms with Crippen LogP contribution in [0, 0.1) is 34.5 Å². The molecule has 0 unspecified atom stereocenters. The largest absolute Gasteiger partial charge is 0.508 e. The molecule has 294 valence electrons. The second kappa shape index (κ2) is 13.1. The molecule has 1 aliphatic heterocycles. The van der Waals surface area contributed by atoms with Crippen molar-refractivity contribution in [2.75, 3.05) is 0 Å². The number of rotatable bonds is 6. The van der Waals surface area contributed by atoms with Gasteiger partial charge in [0.15, 0.2) is 28.7 Å². The third-order valence-electron chi connectivity index (χ3n) is 12.6. The molecule has 0 aromatic heterocycles. The molecule has 0 amide bonds. The molecule has 0 spiro atoms. The maximum atomic E-state index is 14.5. The Morgan fingerprint density at radius 2 is 1.24 bits per heavy atom. The van der Waals surface area contributed by atoms with Crippen LogP contribution in [0.15, 0.2) is 106 Å². The third-order valence-corrected chi connectivity index (χ3v) is 12.6. The van der Waals surface area contributed by atoms with Gasteiger partial charge >= 0.3 is 0 Å². The average molecular weight is 761 g/mol. The van der Waals surface area contributed by atoms with E-state index in [1.165, 1.54) is 58.1 Å². The first-order valence-corrected chi connectivity index (χ1v) is 17.9. The van der Waals surface area contributed by atoms with E-state index in [2.05, 4.69) is 0 Å². The summed E-state index contributed by atoms with van der Waals surface area (Å²) in [5.74, 6) is -16.0. The van der Waals surface area contributed by atoms with Gasteiger partial charge in [0.2, 0.25) is 11.6 Å². The molecule has 1 saturated heterocycles. The van der Waals surface area contributed by atoms with Crippen molar-refractivity contribution >= 4 is 28.9 Å². The van der Waals surface area contributed by atoms with Gasteiger partial charge in [-0.3, -0.25) is 24.0 Å². The zero-order valence-corrected chi connectivity index (χ0v) is 32.2. The van der Waals surface area contributed by atoms with Crippen LogP contribution in [0.1, 0.15) is 62.3 Å². The second-order valence-corrected chi connectivity index (χ2v) is 15.9. The lowest BCUT2D eigenvalue weighted by Gasteiger charge is -2.57. The van der Waals surface area contributed by atoms with Crippen LogP contribution in [-0.2, 0) is 28.7 Å². The fraction of sp³-hybridized carbons (Fsp3) is 0.452. The third kappa shape index (κ3) is 5.09. The molecule has 5 fully saturated rings. The highest BCUT2D eigenvalue weighted by Gasteiger charge is 2.83. The standard InChI is InChI=1S/C42H48O13/c1-10-12-14-16-23(43)26-29-20(3)22(37(5,33(26)48)36(51)39(29,7)52)18-19-25(45)27-30(46)21(4)32(47)40(8)31(27)38(6)34(49)28(24(44)17-15-13-11-2)35(50)41(9,53)42(38,54)55-40/h10-20,22,29,31,43-46,52-54H,1-9H3/b12-10+,13-11+,16-14+,17-15+,19-18+,26-23-,27-25+,28-24+/t20-,22-,29-,31-,37-,38-,39+,40+,41+,42-/m1/s1. The summed E-state index contributed by atoms with van der Waals surface area (Å²) >= 11 is 0. The predicted molar refractivity (Wildman–Crippen MR) is 198 cm³/mol. The van der Waals surface area contributed by atoms with E-state index in [1.54, 1.807) is 39.0 Å². The Kier molecular flexibility index (Phi) is 9.80. The first-order chi connectivity index (χ1) is 25.3. The number of Topliss-reactive ketones (excluding diaryl/α,β-unsaturated/α-hetero) is 5. The first kappa shape index (κ1) is 41.2. The summed E-state index contributed by atoms with van der Waals surface area (Å²) in [5, 5.41) is 80.8. The van der Waals surface area contributed by atoms with Crippen molar-refractivity contribution in [1.82, 2.24) is 0 Å². The molecular formula is C42H48O13. The molecule has 4 saturated carbocycles. The Balaban J connectivity index is 1.74. The molecule has 1 heterocycles. The van der Waals surface area contributed by atoms with E-state index in [0.29, 0.717) is 0 Å². The smallest absolute Gasteiger partial charge is 0.217 e. The van der Waals surface area contributed by atoms with Gasteiger partial charge in [-0.25, -0.2) is 0 Å². The number of ketones is 5. The Morgan fingerprint density at radius 3 is 1.78 bits per heavy atom. The van der Waals surface area contributed by atoms with Gasteiger partial charge in [0, 0.05) is 34.5 Å². The number of ether oxygens (including phenoxy) is 1. The topological polar surface area (TPSA) is 236 Å². The molecule has 7 N–H and O–H groups in total. The van der Waals surface area contributed by atoms with Crippen LogP contribution >= 0.6 is 0 Å². The normalized spacial score (nSPS) is 43.6. The van der Waals surface area contributed by atoms with Crippen LogP contribution in [0.5, 0.6) is 0 Å². The van der Waals surface area contributed by atoms with Gasteiger partial charge in [-0.1, -0.05) is 49.5 Å². The van der Waals surface area contributed by atoms with Crippen LogP contribution in [-0.4, -0.2) is 87.3 Å². The lowest BCUT2D eigenvalue weighted by molar-refractivity contribution is -0.313. The molecule has 55 heavy (non-hydrogen) atoms. The Bertz CT molecular complexity index is 2100. The van der Waals surface area contributed by atoms with Gasteiger partial charge in [-0.2, -0.15) is 0 Å². The van der Waals surface area contributed by atoms with E-state index in [-0.39, 0.29) is 11.1 Å². The van der Waals surface area contributed by atoms with Crippen molar-refractivity contribution < 1.29 is 64.5 Å². The number of fused-ring (bicyclic) bond motifs is 6. The average Bonchev–Trinajstić information content (AvgIpc) is 3.31. The van der Waals surface area contributed by atoms with Crippen molar-refractivity contribution in [3.63, 3.8) is 0 Å². The molecule has 0 aromatic carbocycles. The van der Waals surface area contributed by atoms with Crippen LogP contribution in [0.25, 0.3) is 0 Å². The molecule has 13 nitrogen and oxygen atoms in total. The Labute approximate surface area is 318 Å². The van der Waals surface area contributed by atoms with Crippen molar-refractivity contribution in [2.45, 2.75) is 84.9 Å². The molecule has 0 aromatic rings. The van der Waals surface area contributed by atoms with E-state index in [1.807, 2.05) is 0 Å². The number of aliphatic hydroxyl groups is 7. The Morgan fingerprint density at radius 1 is 0.709 bits per heavy atom. The minimum absolute atomic E-state index is 0.134. The van der Waals surface area contributed by atoms with Crippen molar-refractivity contribution in [2.24, 2.45) is 34.5 Å². The molecule has 13 heteroatoms. The highest BCUT2D eigenvalue weighted by molar-refractivity contribution is 6.29. The quantitative estimate of drug-likeness (QED) is 0.0652. The molecular weight excluding hydrogens is 712 g/mol. The zero-order chi connectivity index (χ0) is 41.6. The summed E-state index contributed by atoms with van der Waals surface area (Å²) in [5.41, 5.74) is -13.8. The fourth-order valence-corrected chi connectivity index (χ4v) is 9.83. The molecule has 6 aliphatic rings. The molecule has 5 aliphatic carbocycles. The number of carbonyl (C=O) groups is 5. The highest BCUT2D eigenvalue weighted by atomic mass is 16.7. The number of hydrogen-bond acceptors (Lipinski definition) is 13. The van der Waals surface area contributed by atoms with Crippen molar-refractivity contribution in [3.05, 3.63) is 106 Å². The molecule has 0 radical (unpaired) electrons. The first-order valence-electron chi connectivity index (χ1n) is 17.9. The zero-order valence-electron chi connectivity index (χ0n) is 32.2. The van der Waals surface area contributed by atoms with Gasteiger partial charge < -0.3 is 40.5 Å². The Hall–Kier alpha value is -4.95. The van der Waals surface area contributed by atoms with E-state index < -0.39 is 120 Å². The fourth-order valence-electron chi connectivity index (χ4n) is 9.83. The van der Waals surface area contributed by atoms with E-state index >= 15 is 0 Å². The van der Waals surface area contributed by atoms with Gasteiger partial charge in [0.05, 0.1) is 10.8 Å².